The van der Waals surface area contributed by atoms with Crippen molar-refractivity contribution in [1.29, 1.82) is 0 Å². The fourth-order valence-electron chi connectivity index (χ4n) is 6.35. The molecule has 6 heteroatoms. The monoisotopic (exact) mass is 500 g/mol. The van der Waals surface area contributed by atoms with Crippen molar-refractivity contribution in [1.82, 2.24) is 4.90 Å². The number of methoxy groups -OCH3 is 1. The van der Waals surface area contributed by atoms with E-state index in [1.807, 2.05) is 83.9 Å². The van der Waals surface area contributed by atoms with E-state index >= 15 is 0 Å². The van der Waals surface area contributed by atoms with Crippen LogP contribution in [0.15, 0.2) is 97.2 Å². The lowest BCUT2D eigenvalue weighted by Gasteiger charge is -2.35. The summed E-state index contributed by atoms with van der Waals surface area (Å²) in [7, 11) is 1.57. The van der Waals surface area contributed by atoms with Crippen LogP contribution in [-0.2, 0) is 9.59 Å². The molecule has 186 valence electrons. The molecule has 4 aromatic carbocycles. The number of rotatable bonds is 4. The zero-order chi connectivity index (χ0) is 26.0. The summed E-state index contributed by atoms with van der Waals surface area (Å²) in [4.78, 5) is 45.5. The van der Waals surface area contributed by atoms with Gasteiger partial charge in [0.25, 0.3) is 0 Å². The maximum Gasteiger partial charge on any atom is 0.240 e. The number of Topliss-reactive ketones (excluding diaryl/α,β-unsaturated/α-hetero) is 1. The third-order valence-corrected chi connectivity index (χ3v) is 8.10. The van der Waals surface area contributed by atoms with Crippen LogP contribution in [0.3, 0.4) is 0 Å². The minimum atomic E-state index is -0.802. The van der Waals surface area contributed by atoms with E-state index in [1.54, 1.807) is 31.4 Å². The molecule has 2 amide bonds. The van der Waals surface area contributed by atoms with Crippen LogP contribution in [0.2, 0.25) is 0 Å². The lowest BCUT2D eigenvalue weighted by Crippen LogP contribution is -2.44. The molecule has 4 atom stereocenters. The average molecular weight is 501 g/mol. The maximum absolute atomic E-state index is 14.1. The smallest absolute Gasteiger partial charge is 0.240 e. The van der Waals surface area contributed by atoms with Crippen LogP contribution < -0.4 is 9.64 Å². The third-order valence-electron chi connectivity index (χ3n) is 8.10. The SMILES string of the molecule is COc1ccc(C(=O)[C@@H]2[C@H]3C(=O)N(c4ccc5ccccc5c4)C(=O)[C@@H]3[C@H]3c4ccccc4C=CN23)cc1. The second kappa shape index (κ2) is 8.42. The second-order valence-electron chi connectivity index (χ2n) is 9.97. The molecule has 3 aliphatic heterocycles. The molecule has 0 aliphatic carbocycles. The van der Waals surface area contributed by atoms with E-state index in [4.69, 9.17) is 4.74 Å². The number of carbonyl (C=O) groups is 3. The normalized spacial score (nSPS) is 23.4. The molecule has 0 radical (unpaired) electrons. The Balaban J connectivity index is 1.35. The Labute approximate surface area is 219 Å². The zero-order valence-corrected chi connectivity index (χ0v) is 20.7. The van der Waals surface area contributed by atoms with Crippen LogP contribution in [0.4, 0.5) is 5.69 Å². The number of ether oxygens (including phenoxy) is 1. The molecule has 2 saturated heterocycles. The number of hydrogen-bond donors (Lipinski definition) is 0. The number of fused-ring (bicyclic) bond motifs is 6. The number of benzene rings is 4. The Morgan fingerprint density at radius 3 is 2.29 bits per heavy atom. The Morgan fingerprint density at radius 2 is 1.50 bits per heavy atom. The molecule has 0 N–H and O–H groups in total. The molecule has 0 spiro atoms. The van der Waals surface area contributed by atoms with Crippen molar-refractivity contribution in [3.05, 3.63) is 114 Å². The van der Waals surface area contributed by atoms with E-state index in [1.165, 1.54) is 4.90 Å². The number of carbonyl (C=O) groups excluding carboxylic acids is 3. The highest BCUT2D eigenvalue weighted by molar-refractivity contribution is 6.25. The number of hydrogen-bond acceptors (Lipinski definition) is 5. The number of nitrogens with zero attached hydrogens (tertiary/aromatic N) is 2. The molecular weight excluding hydrogens is 476 g/mol. The first-order valence-corrected chi connectivity index (χ1v) is 12.7. The fraction of sp³-hybridized carbons (Fsp3) is 0.156. The zero-order valence-electron chi connectivity index (χ0n) is 20.7. The van der Waals surface area contributed by atoms with Gasteiger partial charge in [-0.1, -0.05) is 54.6 Å². The number of imide groups is 1. The predicted molar refractivity (Wildman–Crippen MR) is 145 cm³/mol. The summed E-state index contributed by atoms with van der Waals surface area (Å²) < 4.78 is 5.26. The summed E-state index contributed by atoms with van der Waals surface area (Å²) in [5.74, 6) is -1.61. The molecule has 0 aromatic heterocycles. The fourth-order valence-corrected chi connectivity index (χ4v) is 6.35. The van der Waals surface area contributed by atoms with Crippen molar-refractivity contribution in [2.45, 2.75) is 12.1 Å². The van der Waals surface area contributed by atoms with Gasteiger partial charge in [0.05, 0.1) is 30.7 Å². The lowest BCUT2D eigenvalue weighted by molar-refractivity contribution is -0.123. The van der Waals surface area contributed by atoms with Crippen molar-refractivity contribution < 1.29 is 19.1 Å². The maximum atomic E-state index is 14.1. The van der Waals surface area contributed by atoms with E-state index < -0.39 is 23.9 Å². The number of anilines is 1. The van der Waals surface area contributed by atoms with Crippen molar-refractivity contribution in [2.75, 3.05) is 12.0 Å². The molecular formula is C32H24N2O4. The summed E-state index contributed by atoms with van der Waals surface area (Å²) in [6, 6.07) is 27.0. The molecule has 6 nitrogen and oxygen atoms in total. The van der Waals surface area contributed by atoms with E-state index in [0.717, 1.165) is 21.9 Å². The topological polar surface area (TPSA) is 66.9 Å². The van der Waals surface area contributed by atoms with Crippen LogP contribution in [0.1, 0.15) is 27.5 Å². The molecule has 3 aliphatic rings. The van der Waals surface area contributed by atoms with Gasteiger partial charge in [-0.25, -0.2) is 4.90 Å². The highest BCUT2D eigenvalue weighted by atomic mass is 16.5. The van der Waals surface area contributed by atoms with Crippen LogP contribution in [0, 0.1) is 11.8 Å². The first-order valence-electron chi connectivity index (χ1n) is 12.7. The molecule has 0 bridgehead atoms. The van der Waals surface area contributed by atoms with E-state index in [2.05, 4.69) is 0 Å². The van der Waals surface area contributed by atoms with E-state index in [-0.39, 0.29) is 17.6 Å². The Hall–Kier alpha value is -4.71. The third kappa shape index (κ3) is 3.16. The van der Waals surface area contributed by atoms with Crippen LogP contribution in [0.25, 0.3) is 16.8 Å². The lowest BCUT2D eigenvalue weighted by atomic mass is 9.83. The van der Waals surface area contributed by atoms with Gasteiger partial charge < -0.3 is 9.64 Å². The van der Waals surface area contributed by atoms with Gasteiger partial charge in [0.2, 0.25) is 11.8 Å². The average Bonchev–Trinajstić information content (AvgIpc) is 3.44. The predicted octanol–water partition coefficient (Wildman–Crippen LogP) is 5.25. The Bertz CT molecular complexity index is 1660. The Morgan fingerprint density at radius 1 is 0.789 bits per heavy atom. The summed E-state index contributed by atoms with van der Waals surface area (Å²) >= 11 is 0. The van der Waals surface area contributed by atoms with Crippen LogP contribution in [-0.4, -0.2) is 35.6 Å². The quantitative estimate of drug-likeness (QED) is 0.283. The standard InChI is InChI=1S/C32H24N2O4/c1-38-24-14-11-21(12-15-24)30(35)29-27-26(28-25-9-5-4-7-20(25)16-17-33(28)29)31(36)34(32(27)37)23-13-10-19-6-2-3-8-22(19)18-23/h2-18,26-29H,1H3/t26-,27-,28+,29-/m0/s1. The Kier molecular flexibility index (Phi) is 4.98. The minimum Gasteiger partial charge on any atom is -0.497 e. The summed E-state index contributed by atoms with van der Waals surface area (Å²) in [6.45, 7) is 0. The first kappa shape index (κ1) is 22.5. The highest BCUT2D eigenvalue weighted by Gasteiger charge is 2.64. The molecule has 0 unspecified atom stereocenters. The molecule has 3 heterocycles. The van der Waals surface area contributed by atoms with Gasteiger partial charge in [-0.05, 0) is 64.4 Å². The van der Waals surface area contributed by atoms with Gasteiger partial charge in [-0.3, -0.25) is 14.4 Å². The van der Waals surface area contributed by atoms with Gasteiger partial charge in [0, 0.05) is 11.8 Å². The van der Waals surface area contributed by atoms with E-state index in [9.17, 15) is 14.4 Å². The summed E-state index contributed by atoms with van der Waals surface area (Å²) in [5, 5.41) is 1.97. The molecule has 4 aromatic rings. The van der Waals surface area contributed by atoms with Crippen molar-refractivity contribution >= 4 is 40.1 Å². The van der Waals surface area contributed by atoms with Crippen LogP contribution in [0.5, 0.6) is 5.75 Å². The van der Waals surface area contributed by atoms with Gasteiger partial charge in [0.1, 0.15) is 11.8 Å². The molecule has 7 rings (SSSR count). The van der Waals surface area contributed by atoms with Gasteiger partial charge in [-0.15, -0.1) is 0 Å². The first-order chi connectivity index (χ1) is 18.6. The largest absolute Gasteiger partial charge is 0.497 e. The summed E-state index contributed by atoms with van der Waals surface area (Å²) in [6.07, 6.45) is 3.83. The molecule has 2 fully saturated rings. The van der Waals surface area contributed by atoms with Gasteiger partial charge in [-0.2, -0.15) is 0 Å². The van der Waals surface area contributed by atoms with Crippen molar-refractivity contribution in [3.8, 4) is 5.75 Å². The van der Waals surface area contributed by atoms with Crippen LogP contribution >= 0.6 is 0 Å². The number of amides is 2. The highest BCUT2D eigenvalue weighted by Crippen LogP contribution is 2.53. The minimum absolute atomic E-state index is 0.185. The summed E-state index contributed by atoms with van der Waals surface area (Å²) in [5.41, 5.74) is 2.97. The van der Waals surface area contributed by atoms with Crippen molar-refractivity contribution in [2.24, 2.45) is 11.8 Å². The van der Waals surface area contributed by atoms with Gasteiger partial charge in [0.15, 0.2) is 5.78 Å². The van der Waals surface area contributed by atoms with Gasteiger partial charge >= 0.3 is 0 Å². The van der Waals surface area contributed by atoms with E-state index in [0.29, 0.717) is 17.0 Å². The second-order valence-corrected chi connectivity index (χ2v) is 9.97. The molecule has 0 saturated carbocycles. The molecule has 38 heavy (non-hydrogen) atoms. The van der Waals surface area contributed by atoms with Crippen molar-refractivity contribution in [3.63, 3.8) is 0 Å². The number of ketones is 1.